The summed E-state index contributed by atoms with van der Waals surface area (Å²) in [6.07, 6.45) is 3.35. The highest BCUT2D eigenvalue weighted by Crippen LogP contribution is 2.36. The van der Waals surface area contributed by atoms with Gasteiger partial charge in [-0.1, -0.05) is 5.21 Å². The minimum atomic E-state index is -2.02. The van der Waals surface area contributed by atoms with Gasteiger partial charge in [-0.25, -0.2) is 18.9 Å². The lowest BCUT2D eigenvalue weighted by atomic mass is 9.84. The van der Waals surface area contributed by atoms with Crippen LogP contribution in [0.5, 0.6) is 5.75 Å². The Balaban J connectivity index is 1.43. The molecule has 0 N–H and O–H groups in total. The van der Waals surface area contributed by atoms with E-state index >= 15 is 4.39 Å². The second kappa shape index (κ2) is 11.0. The van der Waals surface area contributed by atoms with E-state index in [0.717, 1.165) is 25.0 Å². The first-order valence-electron chi connectivity index (χ1n) is 12.4. The fraction of sp³-hybridized carbons (Fsp3) is 0.680. The number of pyridine rings is 1. The van der Waals surface area contributed by atoms with Gasteiger partial charge in [0.2, 0.25) is 5.67 Å². The Hall–Kier alpha value is -2.59. The van der Waals surface area contributed by atoms with Crippen LogP contribution in [0.25, 0.3) is 11.4 Å². The van der Waals surface area contributed by atoms with E-state index in [1.807, 2.05) is 26.1 Å². The lowest BCUT2D eigenvalue weighted by Gasteiger charge is -2.33. The Morgan fingerprint density at radius 1 is 1.29 bits per heavy atom. The van der Waals surface area contributed by atoms with E-state index in [0.29, 0.717) is 48.9 Å². The lowest BCUT2D eigenvalue weighted by molar-refractivity contribution is -0.169. The largest absolute Gasteiger partial charge is 0.488 e. The maximum atomic E-state index is 15.3. The van der Waals surface area contributed by atoms with E-state index in [-0.39, 0.29) is 25.2 Å². The molecule has 4 rings (SSSR count). The lowest BCUT2D eigenvalue weighted by Crippen LogP contribution is -2.44. The highest BCUT2D eigenvalue weighted by molar-refractivity contribution is 5.79. The van der Waals surface area contributed by atoms with Crippen molar-refractivity contribution in [3.05, 3.63) is 23.5 Å². The zero-order valence-corrected chi connectivity index (χ0v) is 21.0. The molecule has 0 spiro atoms. The third kappa shape index (κ3) is 6.16. The minimum absolute atomic E-state index is 0.0331. The molecule has 192 valence electrons. The van der Waals surface area contributed by atoms with Crippen LogP contribution in [0.1, 0.15) is 70.2 Å². The molecule has 9 nitrogen and oxygen atoms in total. The van der Waals surface area contributed by atoms with Crippen molar-refractivity contribution in [2.45, 2.75) is 96.5 Å². The molecule has 3 atom stereocenters. The number of rotatable bonds is 8. The number of hydrogen-bond acceptors (Lipinski definition) is 8. The van der Waals surface area contributed by atoms with Gasteiger partial charge in [-0.05, 0) is 71.4 Å². The number of hydrogen-bond donors (Lipinski definition) is 0. The monoisotopic (exact) mass is 490 g/mol. The third-order valence-electron chi connectivity index (χ3n) is 6.42. The van der Waals surface area contributed by atoms with Crippen molar-refractivity contribution >= 4 is 5.97 Å². The average molecular weight is 491 g/mol. The van der Waals surface area contributed by atoms with Gasteiger partial charge >= 0.3 is 5.97 Å². The van der Waals surface area contributed by atoms with Crippen LogP contribution in [0.15, 0.2) is 12.1 Å². The maximum absolute atomic E-state index is 15.3. The molecule has 1 saturated heterocycles. The number of aromatic nitrogens is 4. The predicted molar refractivity (Wildman–Crippen MR) is 125 cm³/mol. The smallest absolute Gasteiger partial charge is 0.344 e. The topological polar surface area (TPSA) is 97.6 Å². The number of nitrogens with zero attached hydrogens (tertiary/aromatic N) is 4. The zero-order valence-electron chi connectivity index (χ0n) is 21.0. The van der Waals surface area contributed by atoms with Gasteiger partial charge in [0.15, 0.2) is 6.29 Å². The molecular weight excluding hydrogens is 455 g/mol. The molecule has 2 aromatic heterocycles. The van der Waals surface area contributed by atoms with Crippen molar-refractivity contribution in [2.75, 3.05) is 6.61 Å². The van der Waals surface area contributed by atoms with Gasteiger partial charge in [-0.15, -0.1) is 5.10 Å². The molecule has 1 saturated carbocycles. The summed E-state index contributed by atoms with van der Waals surface area (Å²) in [5.41, 5.74) is 0.712. The Bertz CT molecular complexity index is 1020. The summed E-state index contributed by atoms with van der Waals surface area (Å²) in [4.78, 5) is 17.0. The number of carbonyl (C=O) groups excluding carboxylic acids is 1. The third-order valence-corrected chi connectivity index (χ3v) is 6.42. The summed E-state index contributed by atoms with van der Waals surface area (Å²) >= 11 is 0. The molecule has 10 heteroatoms. The highest BCUT2D eigenvalue weighted by Gasteiger charge is 2.46. The van der Waals surface area contributed by atoms with Gasteiger partial charge in [0.05, 0.1) is 29.8 Å². The average Bonchev–Trinajstić information content (AvgIpc) is 3.19. The van der Waals surface area contributed by atoms with Gasteiger partial charge in [-0.3, -0.25) is 0 Å². The number of ether oxygens (including phenoxy) is 4. The molecule has 0 amide bonds. The van der Waals surface area contributed by atoms with Crippen LogP contribution < -0.4 is 4.74 Å². The fourth-order valence-electron chi connectivity index (χ4n) is 4.52. The van der Waals surface area contributed by atoms with Crippen molar-refractivity contribution in [2.24, 2.45) is 7.05 Å². The van der Waals surface area contributed by atoms with Crippen molar-refractivity contribution < 1.29 is 28.1 Å². The van der Waals surface area contributed by atoms with Crippen LogP contribution in [-0.4, -0.2) is 56.7 Å². The SMILES string of the molecule is Cc1nc(-c2nnn(C)c2COC2CCCCO2)ccc1O[C@H]1CCC[C@](F)(C(=O)OC(C)C)C1. The molecule has 2 fully saturated rings. The normalized spacial score (nSPS) is 25.0. The Morgan fingerprint density at radius 3 is 2.83 bits per heavy atom. The van der Waals surface area contributed by atoms with Crippen LogP contribution in [0, 0.1) is 6.92 Å². The number of esters is 1. The summed E-state index contributed by atoms with van der Waals surface area (Å²) < 4.78 is 39.8. The second-order valence-corrected chi connectivity index (χ2v) is 9.65. The van der Waals surface area contributed by atoms with Crippen LogP contribution in [0.4, 0.5) is 4.39 Å². The summed E-state index contributed by atoms with van der Waals surface area (Å²) in [5.74, 6) is -0.250. The number of carbonyl (C=O) groups is 1. The highest BCUT2D eigenvalue weighted by atomic mass is 19.1. The maximum Gasteiger partial charge on any atom is 0.344 e. The van der Waals surface area contributed by atoms with Gasteiger partial charge in [-0.2, -0.15) is 0 Å². The molecule has 3 heterocycles. The van der Waals surface area contributed by atoms with E-state index in [4.69, 9.17) is 18.9 Å². The van der Waals surface area contributed by atoms with Gasteiger partial charge in [0.1, 0.15) is 17.5 Å². The van der Waals surface area contributed by atoms with Crippen molar-refractivity contribution in [1.29, 1.82) is 0 Å². The Morgan fingerprint density at radius 2 is 2.11 bits per heavy atom. The van der Waals surface area contributed by atoms with E-state index in [9.17, 15) is 4.79 Å². The molecular formula is C25H35FN4O5. The summed E-state index contributed by atoms with van der Waals surface area (Å²) in [6, 6.07) is 3.62. The van der Waals surface area contributed by atoms with E-state index in [2.05, 4.69) is 15.3 Å². The van der Waals surface area contributed by atoms with E-state index in [1.165, 1.54) is 0 Å². The number of halogens is 1. The molecule has 1 unspecified atom stereocenters. The Labute approximate surface area is 205 Å². The first-order valence-corrected chi connectivity index (χ1v) is 12.4. The summed E-state index contributed by atoms with van der Waals surface area (Å²) in [7, 11) is 1.82. The quantitative estimate of drug-likeness (QED) is 0.508. The van der Waals surface area contributed by atoms with Gasteiger partial charge in [0.25, 0.3) is 0 Å². The van der Waals surface area contributed by atoms with Crippen LogP contribution in [0.3, 0.4) is 0 Å². The summed E-state index contributed by atoms with van der Waals surface area (Å²) in [5, 5.41) is 8.43. The first kappa shape index (κ1) is 25.5. The molecule has 1 aliphatic carbocycles. The molecule has 2 aliphatic rings. The Kier molecular flexibility index (Phi) is 8.01. The second-order valence-electron chi connectivity index (χ2n) is 9.65. The van der Waals surface area contributed by atoms with Gasteiger partial charge in [0, 0.05) is 20.1 Å². The molecule has 2 aromatic rings. The zero-order chi connectivity index (χ0) is 25.0. The van der Waals surface area contributed by atoms with Crippen molar-refractivity contribution in [3.63, 3.8) is 0 Å². The molecule has 0 aromatic carbocycles. The molecule has 0 bridgehead atoms. The number of alkyl halides is 1. The fourth-order valence-corrected chi connectivity index (χ4v) is 4.52. The minimum Gasteiger partial charge on any atom is -0.488 e. The number of aryl methyl sites for hydroxylation is 2. The molecule has 0 radical (unpaired) electrons. The van der Waals surface area contributed by atoms with E-state index in [1.54, 1.807) is 18.5 Å². The van der Waals surface area contributed by atoms with Crippen LogP contribution in [-0.2, 0) is 32.7 Å². The van der Waals surface area contributed by atoms with Crippen LogP contribution >= 0.6 is 0 Å². The van der Waals surface area contributed by atoms with E-state index < -0.39 is 17.7 Å². The standard InChI is InChI=1S/C25H35FN4O5/c1-16(2)34-24(31)25(26)12-7-8-18(14-25)35-21-11-10-19(27-17(21)3)23-20(30(4)29-28-23)15-33-22-9-5-6-13-32-22/h10-11,16,18,22H,5-9,12-15H2,1-4H3/t18-,22?,25+/m0/s1. The molecule has 35 heavy (non-hydrogen) atoms. The van der Waals surface area contributed by atoms with Gasteiger partial charge < -0.3 is 18.9 Å². The van der Waals surface area contributed by atoms with Crippen molar-refractivity contribution in [3.8, 4) is 17.1 Å². The molecule has 1 aliphatic heterocycles. The van der Waals surface area contributed by atoms with Crippen molar-refractivity contribution in [1.82, 2.24) is 20.0 Å². The first-order chi connectivity index (χ1) is 16.7. The van der Waals surface area contributed by atoms with Crippen LogP contribution in [0.2, 0.25) is 0 Å². The summed E-state index contributed by atoms with van der Waals surface area (Å²) in [6.45, 7) is 6.29. The predicted octanol–water partition coefficient (Wildman–Crippen LogP) is 4.21.